The molecule has 0 aliphatic rings. The van der Waals surface area contributed by atoms with Crippen molar-refractivity contribution in [2.24, 2.45) is 7.05 Å². The van der Waals surface area contributed by atoms with Gasteiger partial charge in [0.2, 0.25) is 0 Å². The van der Waals surface area contributed by atoms with Crippen molar-refractivity contribution in [3.63, 3.8) is 0 Å². The van der Waals surface area contributed by atoms with Crippen LogP contribution >= 0.6 is 0 Å². The normalized spacial score (nSPS) is 10.3. The highest BCUT2D eigenvalue weighted by atomic mass is 16.4. The second-order valence-electron chi connectivity index (χ2n) is 4.16. The van der Waals surface area contributed by atoms with Crippen LogP contribution in [0.15, 0.2) is 24.4 Å². The van der Waals surface area contributed by atoms with E-state index in [1.54, 1.807) is 13.1 Å². The molecular weight excluding hydrogens is 260 g/mol. The average molecular weight is 274 g/mol. The number of carboxylic acids is 1. The predicted octanol–water partition coefficient (Wildman–Crippen LogP) is 1.33. The van der Waals surface area contributed by atoms with Gasteiger partial charge in [-0.15, -0.1) is 0 Å². The molecule has 7 heteroatoms. The number of rotatable bonds is 4. The average Bonchev–Trinajstić information content (AvgIpc) is 2.80. The predicted molar refractivity (Wildman–Crippen MR) is 71.7 cm³/mol. The van der Waals surface area contributed by atoms with Crippen molar-refractivity contribution >= 4 is 17.7 Å². The minimum Gasteiger partial charge on any atom is -0.478 e. The van der Waals surface area contributed by atoms with E-state index < -0.39 is 11.9 Å². The summed E-state index contributed by atoms with van der Waals surface area (Å²) in [5.41, 5.74) is 1.08. The standard InChI is InChI=1S/C13H14N4O3/c1-3-8-7-10(17(2)16-8)12(18)15-11-9(13(19)20)5-4-6-14-11/h4-7H,3H2,1-2H3,(H,19,20)(H,14,15,18). The minimum absolute atomic E-state index is 0.0178. The lowest BCUT2D eigenvalue weighted by atomic mass is 10.2. The van der Waals surface area contributed by atoms with Gasteiger partial charge in [0.05, 0.1) is 5.69 Å². The lowest BCUT2D eigenvalue weighted by Gasteiger charge is -2.06. The third-order valence-corrected chi connectivity index (χ3v) is 2.80. The number of carbonyl (C=O) groups excluding carboxylic acids is 1. The number of carboxylic acid groups (broad SMARTS) is 1. The molecule has 1 amide bonds. The van der Waals surface area contributed by atoms with Gasteiger partial charge in [-0.2, -0.15) is 5.10 Å². The highest BCUT2D eigenvalue weighted by Gasteiger charge is 2.17. The van der Waals surface area contributed by atoms with Crippen molar-refractivity contribution < 1.29 is 14.7 Å². The Kier molecular flexibility index (Phi) is 3.79. The summed E-state index contributed by atoms with van der Waals surface area (Å²) < 4.78 is 1.46. The summed E-state index contributed by atoms with van der Waals surface area (Å²) in [5, 5.41) is 15.7. The molecule has 0 unspecified atom stereocenters. The number of aromatic carboxylic acids is 1. The number of nitrogens with zero attached hydrogens (tertiary/aromatic N) is 3. The first-order valence-electron chi connectivity index (χ1n) is 6.05. The zero-order valence-electron chi connectivity index (χ0n) is 11.1. The van der Waals surface area contributed by atoms with Crippen LogP contribution in [0.25, 0.3) is 0 Å². The van der Waals surface area contributed by atoms with Crippen LogP contribution in [0.1, 0.15) is 33.5 Å². The van der Waals surface area contributed by atoms with Gasteiger partial charge in [0.15, 0.2) is 0 Å². The van der Waals surface area contributed by atoms with E-state index in [4.69, 9.17) is 5.11 Å². The van der Waals surface area contributed by atoms with Crippen molar-refractivity contribution in [1.29, 1.82) is 0 Å². The van der Waals surface area contributed by atoms with Crippen molar-refractivity contribution in [3.8, 4) is 0 Å². The van der Waals surface area contributed by atoms with Crippen LogP contribution < -0.4 is 5.32 Å². The van der Waals surface area contributed by atoms with Crippen molar-refractivity contribution in [1.82, 2.24) is 14.8 Å². The Hall–Kier alpha value is -2.70. The number of amides is 1. The monoisotopic (exact) mass is 274 g/mol. The number of hydrogen-bond acceptors (Lipinski definition) is 4. The SMILES string of the molecule is CCc1cc(C(=O)Nc2ncccc2C(=O)O)n(C)n1. The largest absolute Gasteiger partial charge is 0.478 e. The van der Waals surface area contributed by atoms with Crippen LogP contribution in [-0.4, -0.2) is 31.7 Å². The van der Waals surface area contributed by atoms with Crippen molar-refractivity contribution in [2.75, 3.05) is 5.32 Å². The fourth-order valence-electron chi connectivity index (χ4n) is 1.76. The quantitative estimate of drug-likeness (QED) is 0.876. The maximum absolute atomic E-state index is 12.1. The molecule has 0 aliphatic carbocycles. The van der Waals surface area contributed by atoms with Crippen LogP contribution in [0.2, 0.25) is 0 Å². The number of pyridine rings is 1. The van der Waals surface area contributed by atoms with E-state index in [0.29, 0.717) is 12.1 Å². The first-order valence-corrected chi connectivity index (χ1v) is 6.05. The molecule has 0 bridgehead atoms. The maximum Gasteiger partial charge on any atom is 0.339 e. The second-order valence-corrected chi connectivity index (χ2v) is 4.16. The van der Waals surface area contributed by atoms with E-state index in [1.807, 2.05) is 6.92 Å². The van der Waals surface area contributed by atoms with Gasteiger partial charge in [-0.25, -0.2) is 9.78 Å². The summed E-state index contributed by atoms with van der Waals surface area (Å²) in [6, 6.07) is 4.54. The third kappa shape index (κ3) is 2.66. The van der Waals surface area contributed by atoms with Crippen LogP contribution in [0.5, 0.6) is 0 Å². The van der Waals surface area contributed by atoms with Crippen LogP contribution in [0, 0.1) is 0 Å². The van der Waals surface area contributed by atoms with E-state index in [1.165, 1.54) is 23.0 Å². The maximum atomic E-state index is 12.1. The zero-order valence-corrected chi connectivity index (χ0v) is 11.1. The van der Waals surface area contributed by atoms with Gasteiger partial charge < -0.3 is 10.4 Å². The Morgan fingerprint density at radius 3 is 2.80 bits per heavy atom. The Morgan fingerprint density at radius 1 is 1.45 bits per heavy atom. The van der Waals surface area contributed by atoms with E-state index in [-0.39, 0.29) is 11.4 Å². The number of nitrogens with one attached hydrogen (secondary N) is 1. The van der Waals surface area contributed by atoms with Gasteiger partial charge in [-0.3, -0.25) is 9.48 Å². The van der Waals surface area contributed by atoms with Gasteiger partial charge in [-0.05, 0) is 24.6 Å². The molecule has 2 N–H and O–H groups in total. The fraction of sp³-hybridized carbons (Fsp3) is 0.231. The molecule has 2 heterocycles. The van der Waals surface area contributed by atoms with Crippen molar-refractivity contribution in [3.05, 3.63) is 41.3 Å². The van der Waals surface area contributed by atoms with Crippen LogP contribution in [-0.2, 0) is 13.5 Å². The number of hydrogen-bond donors (Lipinski definition) is 2. The molecule has 0 radical (unpaired) electrons. The van der Waals surface area contributed by atoms with Gasteiger partial charge in [-0.1, -0.05) is 6.92 Å². The van der Waals surface area contributed by atoms with Gasteiger partial charge in [0.25, 0.3) is 5.91 Å². The van der Waals surface area contributed by atoms with E-state index in [9.17, 15) is 9.59 Å². The summed E-state index contributed by atoms with van der Waals surface area (Å²) in [4.78, 5) is 27.1. The molecular formula is C13H14N4O3. The van der Waals surface area contributed by atoms with Crippen molar-refractivity contribution in [2.45, 2.75) is 13.3 Å². The lowest BCUT2D eigenvalue weighted by Crippen LogP contribution is -2.18. The Morgan fingerprint density at radius 2 is 2.20 bits per heavy atom. The molecule has 0 spiro atoms. The van der Waals surface area contributed by atoms with Crippen LogP contribution in [0.3, 0.4) is 0 Å². The van der Waals surface area contributed by atoms with Gasteiger partial charge >= 0.3 is 5.97 Å². The Labute approximate surface area is 115 Å². The number of anilines is 1. The summed E-state index contributed by atoms with van der Waals surface area (Å²) in [6.45, 7) is 1.94. The Balaban J connectivity index is 2.28. The van der Waals surface area contributed by atoms with E-state index in [0.717, 1.165) is 5.69 Å². The van der Waals surface area contributed by atoms with Gasteiger partial charge in [0.1, 0.15) is 17.1 Å². The number of aryl methyl sites for hydroxylation is 2. The fourth-order valence-corrected chi connectivity index (χ4v) is 1.76. The number of aromatic nitrogens is 3. The molecule has 0 aliphatic heterocycles. The summed E-state index contributed by atoms with van der Waals surface area (Å²) in [6.07, 6.45) is 2.13. The lowest BCUT2D eigenvalue weighted by molar-refractivity contribution is 0.0697. The number of carbonyl (C=O) groups is 2. The van der Waals surface area contributed by atoms with Crippen LogP contribution in [0.4, 0.5) is 5.82 Å². The molecule has 0 atom stereocenters. The molecule has 2 aromatic heterocycles. The zero-order chi connectivity index (χ0) is 14.7. The Bertz CT molecular complexity index is 663. The molecule has 0 saturated heterocycles. The minimum atomic E-state index is -1.15. The van der Waals surface area contributed by atoms with E-state index in [2.05, 4.69) is 15.4 Å². The highest BCUT2D eigenvalue weighted by Crippen LogP contribution is 2.13. The molecule has 0 aromatic carbocycles. The topological polar surface area (TPSA) is 97.1 Å². The molecule has 20 heavy (non-hydrogen) atoms. The van der Waals surface area contributed by atoms with Gasteiger partial charge in [0, 0.05) is 13.2 Å². The summed E-state index contributed by atoms with van der Waals surface area (Å²) >= 11 is 0. The summed E-state index contributed by atoms with van der Waals surface area (Å²) in [5.74, 6) is -1.57. The first-order chi connectivity index (χ1) is 9.52. The molecule has 2 rings (SSSR count). The highest BCUT2D eigenvalue weighted by molar-refractivity contribution is 6.06. The molecule has 0 saturated carbocycles. The molecule has 2 aromatic rings. The smallest absolute Gasteiger partial charge is 0.339 e. The molecule has 7 nitrogen and oxygen atoms in total. The summed E-state index contributed by atoms with van der Waals surface area (Å²) in [7, 11) is 1.66. The third-order valence-electron chi connectivity index (χ3n) is 2.80. The second kappa shape index (κ2) is 5.52. The van der Waals surface area contributed by atoms with E-state index >= 15 is 0 Å². The first kappa shape index (κ1) is 13.7. The molecule has 104 valence electrons. The molecule has 0 fully saturated rings.